The van der Waals surface area contributed by atoms with Crippen LogP contribution in [0.5, 0.6) is 11.5 Å². The summed E-state index contributed by atoms with van der Waals surface area (Å²) in [4.78, 5) is 5.33. The van der Waals surface area contributed by atoms with Crippen molar-refractivity contribution in [3.8, 4) is 11.5 Å². The second kappa shape index (κ2) is 10.8. The molecular formula is C26H32N2O2S. The highest BCUT2D eigenvalue weighted by atomic mass is 32.1. The second-order valence-corrected chi connectivity index (χ2v) is 9.22. The van der Waals surface area contributed by atoms with Gasteiger partial charge in [0, 0.05) is 29.4 Å². The third-order valence-corrected chi connectivity index (χ3v) is 6.64. The highest BCUT2D eigenvalue weighted by Crippen LogP contribution is 2.38. The summed E-state index contributed by atoms with van der Waals surface area (Å²) in [5.74, 6) is 1.62. The molecule has 1 saturated heterocycles. The van der Waals surface area contributed by atoms with Crippen molar-refractivity contribution in [1.82, 2.24) is 10.2 Å². The summed E-state index contributed by atoms with van der Waals surface area (Å²) in [6, 6.07) is 21.5. The first kappa shape index (κ1) is 21.9. The van der Waals surface area contributed by atoms with Gasteiger partial charge in [-0.2, -0.15) is 0 Å². The largest absolute Gasteiger partial charge is 0.490 e. The Balaban J connectivity index is 1.63. The number of benzene rings is 2. The van der Waals surface area contributed by atoms with E-state index < -0.39 is 0 Å². The lowest BCUT2D eigenvalue weighted by molar-refractivity contribution is 0.241. The number of ether oxygens (including phenoxy) is 2. The minimum absolute atomic E-state index is 0.237. The van der Waals surface area contributed by atoms with E-state index in [9.17, 15) is 0 Å². The predicted octanol–water partition coefficient (Wildman–Crippen LogP) is 5.42. The number of hydrogen-bond acceptors (Lipinski definition) is 5. The minimum atomic E-state index is 0.237. The van der Waals surface area contributed by atoms with Gasteiger partial charge in [-0.05, 0) is 62.2 Å². The normalized spacial score (nSPS) is 15.9. The molecule has 1 fully saturated rings. The van der Waals surface area contributed by atoms with Crippen LogP contribution in [0.25, 0.3) is 0 Å². The zero-order valence-corrected chi connectivity index (χ0v) is 19.3. The molecule has 0 radical (unpaired) electrons. The van der Waals surface area contributed by atoms with Crippen molar-refractivity contribution in [2.75, 3.05) is 32.8 Å². The number of thiophene rings is 1. The third kappa shape index (κ3) is 5.67. The van der Waals surface area contributed by atoms with Gasteiger partial charge >= 0.3 is 0 Å². The zero-order chi connectivity index (χ0) is 21.5. The standard InChI is InChI=1S/C26H32N2O2S/c1-3-29-24-18-22(11-12-23(24)30-19-21-8-5-4-6-9-21)26(25-13-10-20(2)31-25)28-16-7-14-27-15-17-28/h4-6,8-13,18,26-27H,3,7,14-17,19H2,1-2H3. The van der Waals surface area contributed by atoms with Crippen molar-refractivity contribution in [2.45, 2.75) is 32.9 Å². The molecule has 1 atom stereocenters. The molecule has 1 aromatic heterocycles. The molecule has 0 aliphatic carbocycles. The molecule has 2 heterocycles. The lowest BCUT2D eigenvalue weighted by Crippen LogP contribution is -2.32. The van der Waals surface area contributed by atoms with Gasteiger partial charge in [0.15, 0.2) is 11.5 Å². The van der Waals surface area contributed by atoms with Crippen LogP contribution < -0.4 is 14.8 Å². The van der Waals surface area contributed by atoms with Crippen molar-refractivity contribution in [3.05, 3.63) is 81.5 Å². The molecule has 31 heavy (non-hydrogen) atoms. The molecular weight excluding hydrogens is 404 g/mol. The zero-order valence-electron chi connectivity index (χ0n) is 18.5. The van der Waals surface area contributed by atoms with Gasteiger partial charge in [-0.1, -0.05) is 36.4 Å². The van der Waals surface area contributed by atoms with E-state index in [1.165, 1.54) is 15.3 Å². The summed E-state index contributed by atoms with van der Waals surface area (Å²) in [5.41, 5.74) is 2.41. The summed E-state index contributed by atoms with van der Waals surface area (Å²) >= 11 is 1.89. The van der Waals surface area contributed by atoms with Crippen molar-refractivity contribution >= 4 is 11.3 Å². The maximum Gasteiger partial charge on any atom is 0.161 e. The average Bonchev–Trinajstić information content (AvgIpc) is 3.04. The van der Waals surface area contributed by atoms with Crippen molar-refractivity contribution < 1.29 is 9.47 Å². The molecule has 164 valence electrons. The fourth-order valence-corrected chi connectivity index (χ4v) is 5.14. The van der Waals surface area contributed by atoms with Crippen molar-refractivity contribution in [3.63, 3.8) is 0 Å². The number of nitrogens with zero attached hydrogens (tertiary/aromatic N) is 1. The number of nitrogens with one attached hydrogen (secondary N) is 1. The van der Waals surface area contributed by atoms with E-state index in [2.05, 4.69) is 59.6 Å². The van der Waals surface area contributed by atoms with Crippen LogP contribution in [0, 0.1) is 6.92 Å². The van der Waals surface area contributed by atoms with E-state index in [0.717, 1.165) is 49.7 Å². The Morgan fingerprint density at radius 2 is 1.84 bits per heavy atom. The van der Waals surface area contributed by atoms with Gasteiger partial charge in [0.05, 0.1) is 12.6 Å². The quantitative estimate of drug-likeness (QED) is 0.511. The number of hydrogen-bond donors (Lipinski definition) is 1. The molecule has 0 bridgehead atoms. The monoisotopic (exact) mass is 436 g/mol. The van der Waals surface area contributed by atoms with Gasteiger partial charge in [-0.15, -0.1) is 11.3 Å². The maximum absolute atomic E-state index is 6.14. The Hall–Kier alpha value is -2.34. The van der Waals surface area contributed by atoms with E-state index in [4.69, 9.17) is 9.47 Å². The van der Waals surface area contributed by atoms with Crippen molar-refractivity contribution in [1.29, 1.82) is 0 Å². The summed E-state index contributed by atoms with van der Waals surface area (Å²) in [6.45, 7) is 9.59. The van der Waals surface area contributed by atoms with E-state index in [1.807, 2.05) is 36.5 Å². The van der Waals surface area contributed by atoms with Gasteiger partial charge in [0.1, 0.15) is 6.61 Å². The van der Waals surface area contributed by atoms with Gasteiger partial charge in [0.2, 0.25) is 0 Å². The molecule has 2 aromatic carbocycles. The minimum Gasteiger partial charge on any atom is -0.490 e. The van der Waals surface area contributed by atoms with Crippen molar-refractivity contribution in [2.24, 2.45) is 0 Å². The Morgan fingerprint density at radius 1 is 0.968 bits per heavy atom. The summed E-state index contributed by atoms with van der Waals surface area (Å²) < 4.78 is 12.2. The first-order chi connectivity index (χ1) is 15.2. The average molecular weight is 437 g/mol. The van der Waals surface area contributed by atoms with Gasteiger partial charge in [-0.25, -0.2) is 0 Å². The predicted molar refractivity (Wildman–Crippen MR) is 128 cm³/mol. The summed E-state index contributed by atoms with van der Waals surface area (Å²) in [5, 5.41) is 3.53. The number of rotatable bonds is 8. The molecule has 1 aliphatic rings. The van der Waals surface area contributed by atoms with Crippen LogP contribution in [-0.4, -0.2) is 37.7 Å². The van der Waals surface area contributed by atoms with Crippen LogP contribution in [-0.2, 0) is 6.61 Å². The lowest BCUT2D eigenvalue weighted by Gasteiger charge is -2.30. The molecule has 3 aromatic rings. The second-order valence-electron chi connectivity index (χ2n) is 7.90. The molecule has 0 spiro atoms. The first-order valence-electron chi connectivity index (χ1n) is 11.2. The molecule has 0 saturated carbocycles. The molecule has 1 N–H and O–H groups in total. The highest BCUT2D eigenvalue weighted by molar-refractivity contribution is 7.12. The molecule has 5 heteroatoms. The van der Waals surface area contributed by atoms with E-state index in [1.54, 1.807) is 0 Å². The SMILES string of the molecule is CCOc1cc(C(c2ccc(C)s2)N2CCCNCC2)ccc1OCc1ccccc1. The molecule has 4 nitrogen and oxygen atoms in total. The summed E-state index contributed by atoms with van der Waals surface area (Å²) in [6.07, 6.45) is 1.16. The highest BCUT2D eigenvalue weighted by Gasteiger charge is 2.25. The van der Waals surface area contributed by atoms with Crippen LogP contribution in [0.2, 0.25) is 0 Å². The molecule has 1 aliphatic heterocycles. The topological polar surface area (TPSA) is 33.7 Å². The van der Waals surface area contributed by atoms with E-state index in [-0.39, 0.29) is 6.04 Å². The van der Waals surface area contributed by atoms with E-state index >= 15 is 0 Å². The molecule has 4 rings (SSSR count). The third-order valence-electron chi connectivity index (χ3n) is 5.59. The Morgan fingerprint density at radius 3 is 2.61 bits per heavy atom. The molecule has 0 amide bonds. The van der Waals surface area contributed by atoms with Crippen LogP contribution in [0.15, 0.2) is 60.7 Å². The van der Waals surface area contributed by atoms with Crippen LogP contribution in [0.3, 0.4) is 0 Å². The van der Waals surface area contributed by atoms with Gasteiger partial charge in [0.25, 0.3) is 0 Å². The first-order valence-corrected chi connectivity index (χ1v) is 12.0. The Labute approximate surface area is 189 Å². The number of aryl methyl sites for hydroxylation is 1. The van der Waals surface area contributed by atoms with Gasteiger partial charge < -0.3 is 14.8 Å². The molecule has 1 unspecified atom stereocenters. The fourth-order valence-electron chi connectivity index (χ4n) is 4.10. The van der Waals surface area contributed by atoms with Gasteiger partial charge in [-0.3, -0.25) is 4.90 Å². The van der Waals surface area contributed by atoms with Crippen LogP contribution in [0.1, 0.15) is 40.3 Å². The maximum atomic E-state index is 6.14. The van der Waals surface area contributed by atoms with Crippen LogP contribution in [0.4, 0.5) is 0 Å². The Kier molecular flexibility index (Phi) is 7.62. The fraction of sp³-hybridized carbons (Fsp3) is 0.385. The van der Waals surface area contributed by atoms with Crippen LogP contribution >= 0.6 is 11.3 Å². The smallest absolute Gasteiger partial charge is 0.161 e. The van der Waals surface area contributed by atoms with E-state index in [0.29, 0.717) is 13.2 Å². The lowest BCUT2D eigenvalue weighted by atomic mass is 10.0. The Bertz CT molecular complexity index is 949. The summed E-state index contributed by atoms with van der Waals surface area (Å²) in [7, 11) is 0.